The van der Waals surface area contributed by atoms with Gasteiger partial charge in [-0.2, -0.15) is 5.10 Å². The number of likely N-dealkylation sites (N-methyl/N-ethyl adjacent to an activating group) is 1. The van der Waals surface area contributed by atoms with Crippen LogP contribution >= 0.6 is 11.6 Å². The van der Waals surface area contributed by atoms with Crippen LogP contribution in [0.25, 0.3) is 0 Å². The van der Waals surface area contributed by atoms with E-state index in [9.17, 15) is 0 Å². The van der Waals surface area contributed by atoms with Gasteiger partial charge in [-0.15, -0.1) is 0 Å². The van der Waals surface area contributed by atoms with Crippen molar-refractivity contribution < 1.29 is 0 Å². The fraction of sp³-hybridized carbons (Fsp3) is 0.438. The summed E-state index contributed by atoms with van der Waals surface area (Å²) in [6, 6.07) is 10.3. The first-order valence-electron chi connectivity index (χ1n) is 7.07. The smallest absolute Gasteiger partial charge is 0.0596 e. The van der Waals surface area contributed by atoms with Gasteiger partial charge in [0, 0.05) is 29.7 Å². The molecule has 0 amide bonds. The highest BCUT2D eigenvalue weighted by molar-refractivity contribution is 6.30. The molecule has 0 saturated carbocycles. The lowest BCUT2D eigenvalue weighted by Crippen LogP contribution is -2.20. The lowest BCUT2D eigenvalue weighted by molar-refractivity contribution is 0.563. The minimum atomic E-state index is 0.403. The molecule has 1 aromatic heterocycles. The van der Waals surface area contributed by atoms with Crippen LogP contribution < -0.4 is 5.32 Å². The van der Waals surface area contributed by atoms with Gasteiger partial charge in [-0.25, -0.2) is 0 Å². The number of halogens is 1. The molecule has 108 valence electrons. The van der Waals surface area contributed by atoms with Crippen LogP contribution in [-0.4, -0.2) is 23.4 Å². The topological polar surface area (TPSA) is 29.9 Å². The van der Waals surface area contributed by atoms with E-state index in [2.05, 4.69) is 40.2 Å². The number of hydrogen-bond acceptors (Lipinski definition) is 2. The minimum absolute atomic E-state index is 0.403. The second-order valence-electron chi connectivity index (χ2n) is 5.11. The van der Waals surface area contributed by atoms with E-state index in [-0.39, 0.29) is 0 Å². The maximum atomic E-state index is 6.12. The van der Waals surface area contributed by atoms with E-state index in [1.165, 1.54) is 11.3 Å². The standard InChI is InChI=1S/C16H22ClN3/c1-4-20-16(8-12(2)19-20)10-14(11-18-3)13-6-5-7-15(17)9-13/h5-9,14,18H,4,10-11H2,1-3H3. The number of rotatable bonds is 6. The molecule has 0 fully saturated rings. The van der Waals surface area contributed by atoms with Crippen LogP contribution in [0.15, 0.2) is 30.3 Å². The molecule has 1 atom stereocenters. The third kappa shape index (κ3) is 3.62. The maximum absolute atomic E-state index is 6.12. The van der Waals surface area contributed by atoms with Gasteiger partial charge in [-0.05, 0) is 51.1 Å². The number of benzene rings is 1. The first-order chi connectivity index (χ1) is 9.63. The van der Waals surface area contributed by atoms with Crippen molar-refractivity contribution in [3.05, 3.63) is 52.3 Å². The van der Waals surface area contributed by atoms with Crippen LogP contribution in [0.4, 0.5) is 0 Å². The Hall–Kier alpha value is -1.32. The predicted molar refractivity (Wildman–Crippen MR) is 84.5 cm³/mol. The average molecular weight is 292 g/mol. The third-order valence-electron chi connectivity index (χ3n) is 3.51. The zero-order valence-electron chi connectivity index (χ0n) is 12.4. The Morgan fingerprint density at radius 3 is 2.80 bits per heavy atom. The summed E-state index contributed by atoms with van der Waals surface area (Å²) in [4.78, 5) is 0. The zero-order chi connectivity index (χ0) is 14.5. The average Bonchev–Trinajstić information content (AvgIpc) is 2.78. The van der Waals surface area contributed by atoms with Gasteiger partial charge in [0.25, 0.3) is 0 Å². The van der Waals surface area contributed by atoms with Crippen molar-refractivity contribution in [3.8, 4) is 0 Å². The molecule has 20 heavy (non-hydrogen) atoms. The monoisotopic (exact) mass is 291 g/mol. The quantitative estimate of drug-likeness (QED) is 0.884. The molecule has 3 nitrogen and oxygen atoms in total. The van der Waals surface area contributed by atoms with E-state index < -0.39 is 0 Å². The van der Waals surface area contributed by atoms with Crippen molar-refractivity contribution in [2.24, 2.45) is 0 Å². The van der Waals surface area contributed by atoms with Crippen LogP contribution in [0.3, 0.4) is 0 Å². The fourth-order valence-corrected chi connectivity index (χ4v) is 2.80. The largest absolute Gasteiger partial charge is 0.319 e. The normalized spacial score (nSPS) is 12.6. The molecule has 0 aliphatic rings. The second kappa shape index (κ2) is 6.91. The van der Waals surface area contributed by atoms with Gasteiger partial charge in [-0.1, -0.05) is 23.7 Å². The molecule has 0 aliphatic carbocycles. The van der Waals surface area contributed by atoms with E-state index in [1.54, 1.807) is 0 Å². The summed E-state index contributed by atoms with van der Waals surface area (Å²) in [5, 5.41) is 8.60. The van der Waals surface area contributed by atoms with Crippen molar-refractivity contribution in [2.45, 2.75) is 32.7 Å². The lowest BCUT2D eigenvalue weighted by atomic mass is 9.94. The van der Waals surface area contributed by atoms with Gasteiger partial charge in [0.2, 0.25) is 0 Å². The maximum Gasteiger partial charge on any atom is 0.0596 e. The highest BCUT2D eigenvalue weighted by Gasteiger charge is 2.15. The summed E-state index contributed by atoms with van der Waals surface area (Å²) in [7, 11) is 1.99. The van der Waals surface area contributed by atoms with Crippen molar-refractivity contribution >= 4 is 11.6 Å². The molecular formula is C16H22ClN3. The Balaban J connectivity index is 2.25. The first kappa shape index (κ1) is 15.1. The molecule has 0 aliphatic heterocycles. The molecule has 4 heteroatoms. The summed E-state index contributed by atoms with van der Waals surface area (Å²) in [5.74, 6) is 0.403. The van der Waals surface area contributed by atoms with E-state index in [4.69, 9.17) is 11.6 Å². The molecule has 0 radical (unpaired) electrons. The molecule has 2 rings (SSSR count). The van der Waals surface area contributed by atoms with Gasteiger partial charge in [0.15, 0.2) is 0 Å². The number of nitrogens with zero attached hydrogens (tertiary/aromatic N) is 2. The van der Waals surface area contributed by atoms with Crippen molar-refractivity contribution in [2.75, 3.05) is 13.6 Å². The number of hydrogen-bond donors (Lipinski definition) is 1. The molecule has 1 N–H and O–H groups in total. The van der Waals surface area contributed by atoms with Crippen LogP contribution in [0.2, 0.25) is 5.02 Å². The predicted octanol–water partition coefficient (Wildman–Crippen LogP) is 3.41. The van der Waals surface area contributed by atoms with Crippen molar-refractivity contribution in [1.82, 2.24) is 15.1 Å². The Labute approximate surface area is 126 Å². The number of aromatic nitrogens is 2. The van der Waals surface area contributed by atoms with Crippen molar-refractivity contribution in [1.29, 1.82) is 0 Å². The van der Waals surface area contributed by atoms with E-state index >= 15 is 0 Å². The van der Waals surface area contributed by atoms with Crippen LogP contribution in [0.5, 0.6) is 0 Å². The van der Waals surface area contributed by atoms with Crippen LogP contribution in [0.1, 0.15) is 29.8 Å². The van der Waals surface area contributed by atoms with Gasteiger partial charge in [-0.3, -0.25) is 4.68 Å². The molecule has 1 heterocycles. The van der Waals surface area contributed by atoms with Crippen LogP contribution in [0, 0.1) is 6.92 Å². The van der Waals surface area contributed by atoms with Gasteiger partial charge in [0.05, 0.1) is 5.69 Å². The Bertz CT molecular complexity index is 563. The second-order valence-corrected chi connectivity index (χ2v) is 5.54. The molecule has 0 spiro atoms. The Kier molecular flexibility index (Phi) is 5.21. The van der Waals surface area contributed by atoms with E-state index in [0.29, 0.717) is 5.92 Å². The van der Waals surface area contributed by atoms with E-state index in [0.717, 1.165) is 30.2 Å². The summed E-state index contributed by atoms with van der Waals surface area (Å²) in [6.45, 7) is 6.00. The molecule has 0 saturated heterocycles. The first-order valence-corrected chi connectivity index (χ1v) is 7.45. The van der Waals surface area contributed by atoms with Gasteiger partial charge < -0.3 is 5.32 Å². The van der Waals surface area contributed by atoms with E-state index in [1.807, 2.05) is 26.1 Å². The molecule has 2 aromatic rings. The minimum Gasteiger partial charge on any atom is -0.319 e. The summed E-state index contributed by atoms with van der Waals surface area (Å²) < 4.78 is 2.09. The van der Waals surface area contributed by atoms with Crippen LogP contribution in [-0.2, 0) is 13.0 Å². The summed E-state index contributed by atoms with van der Waals surface area (Å²) >= 11 is 6.12. The molecular weight excluding hydrogens is 270 g/mol. The zero-order valence-corrected chi connectivity index (χ0v) is 13.1. The highest BCUT2D eigenvalue weighted by Crippen LogP contribution is 2.23. The number of aryl methyl sites for hydroxylation is 2. The molecule has 1 aromatic carbocycles. The van der Waals surface area contributed by atoms with Gasteiger partial charge >= 0.3 is 0 Å². The van der Waals surface area contributed by atoms with Crippen molar-refractivity contribution in [3.63, 3.8) is 0 Å². The molecule has 1 unspecified atom stereocenters. The Morgan fingerprint density at radius 2 is 2.15 bits per heavy atom. The van der Waals surface area contributed by atoms with Gasteiger partial charge in [0.1, 0.15) is 0 Å². The SMILES string of the molecule is CCn1nc(C)cc1CC(CNC)c1cccc(Cl)c1. The summed E-state index contributed by atoms with van der Waals surface area (Å²) in [6.07, 6.45) is 0.968. The molecule has 0 bridgehead atoms. The Morgan fingerprint density at radius 1 is 1.35 bits per heavy atom. The highest BCUT2D eigenvalue weighted by atomic mass is 35.5. The summed E-state index contributed by atoms with van der Waals surface area (Å²) in [5.41, 5.74) is 3.63. The third-order valence-corrected chi connectivity index (χ3v) is 3.75. The lowest BCUT2D eigenvalue weighted by Gasteiger charge is -2.18. The number of nitrogens with one attached hydrogen (secondary N) is 1. The fourth-order valence-electron chi connectivity index (χ4n) is 2.60.